The maximum Gasteiger partial charge on any atom is 0.240 e. The van der Waals surface area contributed by atoms with E-state index in [9.17, 15) is 13.2 Å². The summed E-state index contributed by atoms with van der Waals surface area (Å²) in [6, 6.07) is 12.6. The van der Waals surface area contributed by atoms with Gasteiger partial charge in [-0.1, -0.05) is 17.7 Å². The molecule has 0 aliphatic rings. The highest BCUT2D eigenvalue weighted by Gasteiger charge is 2.24. The largest absolute Gasteiger partial charge is 0.495 e. The van der Waals surface area contributed by atoms with E-state index < -0.39 is 10.0 Å². The molecule has 152 valence electrons. The van der Waals surface area contributed by atoms with E-state index in [1.165, 1.54) is 7.11 Å². The summed E-state index contributed by atoms with van der Waals surface area (Å²) in [4.78, 5) is 13.4. The third-order valence-corrected chi connectivity index (χ3v) is 6.19. The number of rotatable bonds is 9. The van der Waals surface area contributed by atoms with Crippen molar-refractivity contribution in [1.82, 2.24) is 5.32 Å². The number of methoxy groups -OCH3 is 1. The maximum atomic E-state index is 12.3. The van der Waals surface area contributed by atoms with Gasteiger partial charge in [-0.3, -0.25) is 9.10 Å². The Kier molecular flexibility index (Phi) is 8.03. The Morgan fingerprint density at radius 3 is 2.50 bits per heavy atom. The molecule has 0 fully saturated rings. The summed E-state index contributed by atoms with van der Waals surface area (Å²) in [5, 5.41) is 3.43. The van der Waals surface area contributed by atoms with Gasteiger partial charge < -0.3 is 10.1 Å². The number of thioether (sulfide) groups is 1. The second-order valence-electron chi connectivity index (χ2n) is 6.10. The Morgan fingerprint density at radius 1 is 1.21 bits per heavy atom. The monoisotopic (exact) mass is 442 g/mol. The van der Waals surface area contributed by atoms with Crippen LogP contribution in [-0.2, 0) is 14.8 Å². The van der Waals surface area contributed by atoms with Gasteiger partial charge in [-0.05, 0) is 48.9 Å². The van der Waals surface area contributed by atoms with Crippen LogP contribution < -0.4 is 14.4 Å². The average Bonchev–Trinajstić information content (AvgIpc) is 2.64. The first kappa shape index (κ1) is 22.4. The third-order valence-electron chi connectivity index (χ3n) is 3.80. The first-order valence-electron chi connectivity index (χ1n) is 8.48. The molecule has 0 spiro atoms. The molecule has 9 heteroatoms. The quantitative estimate of drug-likeness (QED) is 0.476. The highest BCUT2D eigenvalue weighted by Crippen LogP contribution is 2.30. The van der Waals surface area contributed by atoms with E-state index in [-0.39, 0.29) is 12.5 Å². The van der Waals surface area contributed by atoms with Crippen LogP contribution in [0, 0.1) is 6.92 Å². The van der Waals surface area contributed by atoms with Crippen LogP contribution in [0.5, 0.6) is 5.75 Å². The standard InChI is InChI=1S/C19H23ClN2O4S2/c1-14-4-9-18(26-2)17(12-14)22(28(3,24)25)13-19(23)21-10-11-27-16-7-5-15(20)6-8-16/h4-9,12H,10-11,13H2,1-3H3,(H,21,23). The predicted octanol–water partition coefficient (Wildman–Crippen LogP) is 3.33. The molecule has 0 aromatic heterocycles. The van der Waals surface area contributed by atoms with Crippen molar-refractivity contribution >= 4 is 45.0 Å². The minimum atomic E-state index is -3.67. The van der Waals surface area contributed by atoms with Gasteiger partial charge in [0.2, 0.25) is 15.9 Å². The molecule has 1 amide bonds. The molecule has 0 saturated heterocycles. The lowest BCUT2D eigenvalue weighted by Crippen LogP contribution is -2.41. The van der Waals surface area contributed by atoms with Crippen molar-refractivity contribution < 1.29 is 17.9 Å². The summed E-state index contributed by atoms with van der Waals surface area (Å²) >= 11 is 7.43. The smallest absolute Gasteiger partial charge is 0.240 e. The molecule has 2 aromatic carbocycles. The van der Waals surface area contributed by atoms with Crippen LogP contribution in [0.25, 0.3) is 0 Å². The van der Waals surface area contributed by atoms with Gasteiger partial charge in [-0.15, -0.1) is 11.8 Å². The van der Waals surface area contributed by atoms with E-state index in [1.807, 2.05) is 37.3 Å². The van der Waals surface area contributed by atoms with Gasteiger partial charge in [-0.2, -0.15) is 0 Å². The van der Waals surface area contributed by atoms with Gasteiger partial charge in [-0.25, -0.2) is 8.42 Å². The number of amides is 1. The molecule has 0 unspecified atom stereocenters. The van der Waals surface area contributed by atoms with Crippen LogP contribution >= 0.6 is 23.4 Å². The summed E-state index contributed by atoms with van der Waals surface area (Å²) in [5.74, 6) is 0.660. The molecule has 1 N–H and O–H groups in total. The Hall–Kier alpha value is -1.90. The number of ether oxygens (including phenoxy) is 1. The van der Waals surface area contributed by atoms with Crippen molar-refractivity contribution in [3.63, 3.8) is 0 Å². The van der Waals surface area contributed by atoms with Crippen LogP contribution in [0.2, 0.25) is 5.02 Å². The number of benzene rings is 2. The van der Waals surface area contributed by atoms with Gasteiger partial charge in [0.25, 0.3) is 0 Å². The number of hydrogen-bond acceptors (Lipinski definition) is 5. The third kappa shape index (κ3) is 6.61. The zero-order chi connectivity index (χ0) is 20.7. The summed E-state index contributed by atoms with van der Waals surface area (Å²) < 4.78 is 30.8. The summed E-state index contributed by atoms with van der Waals surface area (Å²) in [6.07, 6.45) is 1.07. The number of halogens is 1. The van der Waals surface area contributed by atoms with Gasteiger partial charge in [0.15, 0.2) is 0 Å². The number of aryl methyl sites for hydroxylation is 1. The molecule has 0 aliphatic heterocycles. The second kappa shape index (κ2) is 10.0. The van der Waals surface area contributed by atoms with E-state index in [4.69, 9.17) is 16.3 Å². The lowest BCUT2D eigenvalue weighted by Gasteiger charge is -2.24. The fourth-order valence-corrected chi connectivity index (χ4v) is 4.20. The molecular formula is C19H23ClN2O4S2. The molecule has 0 radical (unpaired) electrons. The van der Waals surface area contributed by atoms with Crippen molar-refractivity contribution in [3.05, 3.63) is 53.1 Å². The maximum absolute atomic E-state index is 12.3. The first-order chi connectivity index (χ1) is 13.2. The van der Waals surface area contributed by atoms with Crippen LogP contribution in [0.4, 0.5) is 5.69 Å². The zero-order valence-electron chi connectivity index (χ0n) is 15.9. The van der Waals surface area contributed by atoms with E-state index >= 15 is 0 Å². The van der Waals surface area contributed by atoms with E-state index in [0.29, 0.717) is 28.8 Å². The predicted molar refractivity (Wildman–Crippen MR) is 115 cm³/mol. The van der Waals surface area contributed by atoms with E-state index in [0.717, 1.165) is 21.0 Å². The van der Waals surface area contributed by atoms with Gasteiger partial charge >= 0.3 is 0 Å². The van der Waals surface area contributed by atoms with E-state index in [1.54, 1.807) is 23.9 Å². The Balaban J connectivity index is 1.98. The highest BCUT2D eigenvalue weighted by molar-refractivity contribution is 7.99. The summed E-state index contributed by atoms with van der Waals surface area (Å²) in [5.41, 5.74) is 1.21. The lowest BCUT2D eigenvalue weighted by atomic mass is 10.2. The van der Waals surface area contributed by atoms with Gasteiger partial charge in [0, 0.05) is 22.2 Å². The second-order valence-corrected chi connectivity index (χ2v) is 9.61. The fourth-order valence-electron chi connectivity index (χ4n) is 2.45. The SMILES string of the molecule is COc1ccc(C)cc1N(CC(=O)NCCSc1ccc(Cl)cc1)S(C)(=O)=O. The lowest BCUT2D eigenvalue weighted by molar-refractivity contribution is -0.119. The average molecular weight is 443 g/mol. The molecule has 0 aliphatic carbocycles. The molecule has 0 saturated carbocycles. The van der Waals surface area contributed by atoms with Crippen LogP contribution in [-0.4, -0.2) is 46.5 Å². The van der Waals surface area contributed by atoms with Crippen molar-refractivity contribution in [3.8, 4) is 5.75 Å². The number of hydrogen-bond donors (Lipinski definition) is 1. The van der Waals surface area contributed by atoms with Crippen LogP contribution in [0.1, 0.15) is 5.56 Å². The Morgan fingerprint density at radius 2 is 1.89 bits per heavy atom. The van der Waals surface area contributed by atoms with Gasteiger partial charge in [0.1, 0.15) is 12.3 Å². The number of carbonyl (C=O) groups is 1. The molecule has 0 heterocycles. The molecular weight excluding hydrogens is 420 g/mol. The van der Waals surface area contributed by atoms with Crippen LogP contribution in [0.3, 0.4) is 0 Å². The summed E-state index contributed by atoms with van der Waals surface area (Å²) in [7, 11) is -2.20. The highest BCUT2D eigenvalue weighted by atomic mass is 35.5. The van der Waals surface area contributed by atoms with Crippen molar-refractivity contribution in [2.45, 2.75) is 11.8 Å². The number of carbonyl (C=O) groups excluding carboxylic acids is 1. The van der Waals surface area contributed by atoms with Gasteiger partial charge in [0.05, 0.1) is 19.1 Å². The first-order valence-corrected chi connectivity index (χ1v) is 11.7. The number of anilines is 1. The van der Waals surface area contributed by atoms with Crippen LogP contribution in [0.15, 0.2) is 47.4 Å². The molecule has 2 aromatic rings. The normalized spacial score (nSPS) is 11.1. The Bertz CT molecular complexity index is 918. The molecule has 6 nitrogen and oxygen atoms in total. The Labute approximate surface area is 175 Å². The minimum absolute atomic E-state index is 0.315. The molecule has 2 rings (SSSR count). The van der Waals surface area contributed by atoms with Crippen molar-refractivity contribution in [2.75, 3.05) is 36.5 Å². The number of nitrogens with zero attached hydrogens (tertiary/aromatic N) is 1. The molecule has 0 atom stereocenters. The zero-order valence-corrected chi connectivity index (χ0v) is 18.3. The van der Waals surface area contributed by atoms with Crippen molar-refractivity contribution in [2.24, 2.45) is 0 Å². The number of nitrogens with one attached hydrogen (secondary N) is 1. The van der Waals surface area contributed by atoms with Crippen molar-refractivity contribution in [1.29, 1.82) is 0 Å². The fraction of sp³-hybridized carbons (Fsp3) is 0.316. The molecule has 0 bridgehead atoms. The summed E-state index contributed by atoms with van der Waals surface area (Å²) in [6.45, 7) is 1.94. The number of sulfonamides is 1. The topological polar surface area (TPSA) is 75.7 Å². The minimum Gasteiger partial charge on any atom is -0.495 e. The van der Waals surface area contributed by atoms with E-state index in [2.05, 4.69) is 5.32 Å². The molecule has 28 heavy (non-hydrogen) atoms.